The van der Waals surface area contributed by atoms with E-state index in [-0.39, 0.29) is 0 Å². The number of para-hydroxylation sites is 2. The van der Waals surface area contributed by atoms with Gasteiger partial charge in [-0.15, -0.1) is 0 Å². The predicted molar refractivity (Wildman–Crippen MR) is 109 cm³/mol. The molecule has 0 unspecified atom stereocenters. The van der Waals surface area contributed by atoms with E-state index in [1.807, 2.05) is 60.7 Å². The van der Waals surface area contributed by atoms with Crippen LogP contribution >= 0.6 is 0 Å². The third-order valence-electron chi connectivity index (χ3n) is 4.25. The van der Waals surface area contributed by atoms with Crippen molar-refractivity contribution in [3.63, 3.8) is 0 Å². The number of ether oxygens (including phenoxy) is 2. The van der Waals surface area contributed by atoms with Gasteiger partial charge in [0.05, 0.1) is 12.7 Å². The Kier molecular flexibility index (Phi) is 5.38. The molecule has 2 aromatic carbocycles. The van der Waals surface area contributed by atoms with Crippen LogP contribution in [-0.2, 0) is 6.54 Å². The Labute approximate surface area is 168 Å². The summed E-state index contributed by atoms with van der Waals surface area (Å²) in [6.07, 6.45) is 1.72. The molecule has 0 bridgehead atoms. The van der Waals surface area contributed by atoms with E-state index in [0.29, 0.717) is 35.6 Å². The van der Waals surface area contributed by atoms with Crippen molar-refractivity contribution in [2.75, 3.05) is 12.4 Å². The first-order valence-electron chi connectivity index (χ1n) is 9.12. The van der Waals surface area contributed by atoms with Crippen LogP contribution in [0.2, 0.25) is 0 Å². The van der Waals surface area contributed by atoms with Gasteiger partial charge in [-0.25, -0.2) is 4.98 Å². The first kappa shape index (κ1) is 18.5. The summed E-state index contributed by atoms with van der Waals surface area (Å²) in [6, 6.07) is 19.1. The summed E-state index contributed by atoms with van der Waals surface area (Å²) in [5, 5.41) is 7.17. The van der Waals surface area contributed by atoms with E-state index in [9.17, 15) is 0 Å². The van der Waals surface area contributed by atoms with Crippen LogP contribution in [0.5, 0.6) is 17.2 Å². The van der Waals surface area contributed by atoms with Gasteiger partial charge in [0.2, 0.25) is 0 Å². The molecular weight excluding hydrogens is 368 g/mol. The molecule has 0 spiro atoms. The number of rotatable bonds is 7. The smallest absolute Gasteiger partial charge is 0.261 e. The summed E-state index contributed by atoms with van der Waals surface area (Å²) in [5.41, 5.74) is 1.85. The lowest BCUT2D eigenvalue weighted by atomic mass is 10.2. The number of pyridine rings is 1. The molecule has 0 aliphatic carbocycles. The molecule has 0 saturated carbocycles. The van der Waals surface area contributed by atoms with E-state index < -0.39 is 0 Å². The fourth-order valence-corrected chi connectivity index (χ4v) is 2.82. The number of anilines is 1. The molecule has 7 heteroatoms. The summed E-state index contributed by atoms with van der Waals surface area (Å²) in [7, 11) is 1.62. The normalized spacial score (nSPS) is 10.6. The highest BCUT2D eigenvalue weighted by Crippen LogP contribution is 2.31. The van der Waals surface area contributed by atoms with Gasteiger partial charge >= 0.3 is 0 Å². The third kappa shape index (κ3) is 4.35. The van der Waals surface area contributed by atoms with E-state index in [1.165, 1.54) is 0 Å². The fourth-order valence-electron chi connectivity index (χ4n) is 2.82. The molecule has 7 nitrogen and oxygen atoms in total. The number of nitrogens with zero attached hydrogens (tertiary/aromatic N) is 3. The molecule has 0 radical (unpaired) electrons. The monoisotopic (exact) mass is 388 g/mol. The summed E-state index contributed by atoms with van der Waals surface area (Å²) in [4.78, 5) is 8.67. The predicted octanol–water partition coefficient (Wildman–Crippen LogP) is 4.85. The summed E-state index contributed by atoms with van der Waals surface area (Å²) in [5.74, 6) is 3.81. The molecule has 0 amide bonds. The van der Waals surface area contributed by atoms with Gasteiger partial charge in [-0.3, -0.25) is 0 Å². The van der Waals surface area contributed by atoms with Crippen LogP contribution in [-0.4, -0.2) is 22.2 Å². The van der Waals surface area contributed by atoms with Gasteiger partial charge < -0.3 is 19.3 Å². The number of hydrogen-bond acceptors (Lipinski definition) is 7. The number of aromatic nitrogens is 3. The quantitative estimate of drug-likeness (QED) is 0.484. The second-order valence-electron chi connectivity index (χ2n) is 6.30. The van der Waals surface area contributed by atoms with Crippen molar-refractivity contribution in [1.29, 1.82) is 0 Å². The lowest BCUT2D eigenvalue weighted by Gasteiger charge is -2.11. The van der Waals surface area contributed by atoms with E-state index in [2.05, 4.69) is 20.4 Å². The topological polar surface area (TPSA) is 82.3 Å². The van der Waals surface area contributed by atoms with Crippen LogP contribution in [0.4, 0.5) is 5.82 Å². The van der Waals surface area contributed by atoms with Crippen molar-refractivity contribution >= 4 is 5.82 Å². The Balaban J connectivity index is 1.44. The van der Waals surface area contributed by atoms with Gasteiger partial charge in [0.15, 0.2) is 17.3 Å². The van der Waals surface area contributed by atoms with E-state index in [0.717, 1.165) is 16.9 Å². The lowest BCUT2D eigenvalue weighted by Crippen LogP contribution is -2.03. The molecule has 0 fully saturated rings. The average Bonchev–Trinajstić information content (AvgIpc) is 3.20. The Morgan fingerprint density at radius 3 is 2.48 bits per heavy atom. The van der Waals surface area contributed by atoms with E-state index >= 15 is 0 Å². The van der Waals surface area contributed by atoms with Crippen molar-refractivity contribution in [3.05, 3.63) is 78.2 Å². The lowest BCUT2D eigenvalue weighted by molar-refractivity contribution is 0.379. The molecule has 29 heavy (non-hydrogen) atoms. The molecule has 0 aliphatic heterocycles. The maximum absolute atomic E-state index is 5.91. The molecule has 0 saturated heterocycles. The van der Waals surface area contributed by atoms with Crippen LogP contribution in [0.25, 0.3) is 11.5 Å². The van der Waals surface area contributed by atoms with Gasteiger partial charge in [0.1, 0.15) is 11.6 Å². The highest BCUT2D eigenvalue weighted by atomic mass is 16.5. The van der Waals surface area contributed by atoms with Crippen molar-refractivity contribution in [2.45, 2.75) is 13.5 Å². The second kappa shape index (κ2) is 8.43. The van der Waals surface area contributed by atoms with Gasteiger partial charge in [0.25, 0.3) is 5.89 Å². The number of nitrogens with one attached hydrogen (secondary N) is 1. The first-order chi connectivity index (χ1) is 14.2. The largest absolute Gasteiger partial charge is 0.493 e. The van der Waals surface area contributed by atoms with Gasteiger partial charge in [0, 0.05) is 12.7 Å². The second-order valence-corrected chi connectivity index (χ2v) is 6.30. The van der Waals surface area contributed by atoms with Crippen molar-refractivity contribution in [2.24, 2.45) is 0 Å². The molecule has 4 rings (SSSR count). The van der Waals surface area contributed by atoms with Crippen LogP contribution < -0.4 is 14.8 Å². The Hall–Kier alpha value is -3.87. The fraction of sp³-hybridized carbons (Fsp3) is 0.136. The standard InChI is InChI=1S/C22H20N4O3/c1-15-25-22(29-26-15)18-6-5-13-23-21(18)24-14-16-9-11-17(12-10-16)28-20-8-4-3-7-19(20)27-2/h3-13H,14H2,1-2H3,(H,23,24). The molecule has 2 heterocycles. The molecule has 146 valence electrons. The number of methoxy groups -OCH3 is 1. The minimum atomic E-state index is 0.443. The van der Waals surface area contributed by atoms with Crippen LogP contribution in [0, 0.1) is 6.92 Å². The zero-order valence-electron chi connectivity index (χ0n) is 16.1. The molecule has 1 N–H and O–H groups in total. The maximum Gasteiger partial charge on any atom is 0.261 e. The molecule has 4 aromatic rings. The number of benzene rings is 2. The Bertz CT molecular complexity index is 1090. The van der Waals surface area contributed by atoms with Crippen LogP contribution in [0.3, 0.4) is 0 Å². The van der Waals surface area contributed by atoms with Crippen molar-refractivity contribution in [1.82, 2.24) is 15.1 Å². The molecule has 2 aromatic heterocycles. The first-order valence-corrected chi connectivity index (χ1v) is 9.12. The van der Waals surface area contributed by atoms with Crippen molar-refractivity contribution < 1.29 is 14.0 Å². The Morgan fingerprint density at radius 1 is 0.966 bits per heavy atom. The van der Waals surface area contributed by atoms with Gasteiger partial charge in [-0.2, -0.15) is 4.98 Å². The molecule has 0 aliphatic rings. The number of hydrogen-bond donors (Lipinski definition) is 1. The van der Waals surface area contributed by atoms with Gasteiger partial charge in [-0.1, -0.05) is 29.4 Å². The molecular formula is C22H20N4O3. The highest BCUT2D eigenvalue weighted by molar-refractivity contribution is 5.68. The SMILES string of the molecule is COc1ccccc1Oc1ccc(CNc2ncccc2-c2nc(C)no2)cc1. The zero-order chi connectivity index (χ0) is 20.1. The average molecular weight is 388 g/mol. The summed E-state index contributed by atoms with van der Waals surface area (Å²) in [6.45, 7) is 2.37. The molecule has 0 atom stereocenters. The maximum atomic E-state index is 5.91. The minimum Gasteiger partial charge on any atom is -0.493 e. The van der Waals surface area contributed by atoms with Crippen LogP contribution in [0.15, 0.2) is 71.4 Å². The summed E-state index contributed by atoms with van der Waals surface area (Å²) >= 11 is 0. The minimum absolute atomic E-state index is 0.443. The highest BCUT2D eigenvalue weighted by Gasteiger charge is 2.12. The van der Waals surface area contributed by atoms with E-state index in [4.69, 9.17) is 14.0 Å². The zero-order valence-corrected chi connectivity index (χ0v) is 16.1. The summed E-state index contributed by atoms with van der Waals surface area (Å²) < 4.78 is 16.5. The van der Waals surface area contributed by atoms with Crippen LogP contribution in [0.1, 0.15) is 11.4 Å². The Morgan fingerprint density at radius 2 is 1.76 bits per heavy atom. The third-order valence-corrected chi connectivity index (χ3v) is 4.25. The number of aryl methyl sites for hydroxylation is 1. The van der Waals surface area contributed by atoms with E-state index in [1.54, 1.807) is 20.2 Å². The van der Waals surface area contributed by atoms with Gasteiger partial charge in [-0.05, 0) is 48.9 Å². The van der Waals surface area contributed by atoms with Crippen molar-refractivity contribution in [3.8, 4) is 28.7 Å².